The smallest absolute Gasteiger partial charge is 0.311 e. The number of amides is 1. The number of carbonyl (C=O) groups excluding carboxylic acids is 2. The Bertz CT molecular complexity index is 954. The fraction of sp³-hybridized carbons (Fsp3) is 0.250. The third-order valence-electron chi connectivity index (χ3n) is 3.99. The van der Waals surface area contributed by atoms with E-state index in [0.29, 0.717) is 41.5 Å². The summed E-state index contributed by atoms with van der Waals surface area (Å²) < 4.78 is 16.1. The number of nitriles is 1. The number of nitrogens with zero attached hydrogens (tertiary/aromatic N) is 1. The van der Waals surface area contributed by atoms with Crippen LogP contribution in [0.4, 0.5) is 5.69 Å². The Balaban J connectivity index is 1.55. The highest BCUT2D eigenvalue weighted by Gasteiger charge is 2.19. The number of hydrogen-bond acceptors (Lipinski definition) is 6. The molecule has 7 nitrogen and oxygen atoms in total. The first-order valence-electron chi connectivity index (χ1n) is 8.55. The minimum atomic E-state index is -1.00. The van der Waals surface area contributed by atoms with Gasteiger partial charge in [0.05, 0.1) is 17.0 Å². The zero-order chi connectivity index (χ0) is 20.1. The molecular formula is C20H17ClN2O5. The third kappa shape index (κ3) is 4.72. The highest BCUT2D eigenvalue weighted by Crippen LogP contribution is 2.31. The summed E-state index contributed by atoms with van der Waals surface area (Å²) in [6, 6.07) is 11.6. The molecule has 1 aliphatic heterocycles. The molecule has 1 N–H and O–H groups in total. The molecular weight excluding hydrogens is 384 g/mol. The maximum absolute atomic E-state index is 12.2. The number of hydrogen-bond donors (Lipinski definition) is 1. The van der Waals surface area contributed by atoms with E-state index in [1.54, 1.807) is 24.3 Å². The van der Waals surface area contributed by atoms with Gasteiger partial charge in [-0.05, 0) is 42.8 Å². The molecule has 0 saturated heterocycles. The Morgan fingerprint density at radius 3 is 2.68 bits per heavy atom. The van der Waals surface area contributed by atoms with E-state index in [1.807, 2.05) is 6.07 Å². The Morgan fingerprint density at radius 2 is 1.96 bits per heavy atom. The normalized spacial score (nSPS) is 13.2. The van der Waals surface area contributed by atoms with Gasteiger partial charge in [0.1, 0.15) is 19.3 Å². The van der Waals surface area contributed by atoms with Crippen LogP contribution in [0.5, 0.6) is 11.5 Å². The molecule has 1 heterocycles. The second kappa shape index (κ2) is 8.63. The zero-order valence-corrected chi connectivity index (χ0v) is 15.8. The van der Waals surface area contributed by atoms with Gasteiger partial charge in [-0.3, -0.25) is 9.59 Å². The number of esters is 1. The van der Waals surface area contributed by atoms with Gasteiger partial charge in [0.25, 0.3) is 5.91 Å². The van der Waals surface area contributed by atoms with E-state index in [1.165, 1.54) is 19.1 Å². The molecule has 144 valence electrons. The van der Waals surface area contributed by atoms with Crippen molar-refractivity contribution in [1.29, 1.82) is 5.26 Å². The van der Waals surface area contributed by atoms with Crippen molar-refractivity contribution in [3.63, 3.8) is 0 Å². The SMILES string of the molecule is C[C@@H](OC(=O)Cc1ccc2c(c1)OCCO2)C(=O)Nc1ccc(C#N)c(Cl)c1. The average Bonchev–Trinajstić information content (AvgIpc) is 2.68. The fourth-order valence-corrected chi connectivity index (χ4v) is 2.81. The van der Waals surface area contributed by atoms with Crippen LogP contribution >= 0.6 is 11.6 Å². The maximum atomic E-state index is 12.2. The maximum Gasteiger partial charge on any atom is 0.311 e. The van der Waals surface area contributed by atoms with Gasteiger partial charge in [0, 0.05) is 5.69 Å². The number of halogens is 1. The molecule has 0 bridgehead atoms. The number of benzene rings is 2. The summed E-state index contributed by atoms with van der Waals surface area (Å²) >= 11 is 5.94. The summed E-state index contributed by atoms with van der Waals surface area (Å²) in [5.41, 5.74) is 1.41. The summed E-state index contributed by atoms with van der Waals surface area (Å²) in [5, 5.41) is 11.7. The molecule has 2 aromatic carbocycles. The summed E-state index contributed by atoms with van der Waals surface area (Å²) in [6.07, 6.45) is -1.00. The summed E-state index contributed by atoms with van der Waals surface area (Å²) in [7, 11) is 0. The largest absolute Gasteiger partial charge is 0.486 e. The lowest BCUT2D eigenvalue weighted by Crippen LogP contribution is -2.30. The molecule has 1 atom stereocenters. The van der Waals surface area contributed by atoms with Crippen LogP contribution in [0.2, 0.25) is 5.02 Å². The van der Waals surface area contributed by atoms with Crippen LogP contribution in [0.15, 0.2) is 36.4 Å². The van der Waals surface area contributed by atoms with E-state index < -0.39 is 18.0 Å². The van der Waals surface area contributed by atoms with Crippen molar-refractivity contribution in [2.45, 2.75) is 19.4 Å². The molecule has 0 spiro atoms. The lowest BCUT2D eigenvalue weighted by atomic mass is 10.1. The molecule has 0 radical (unpaired) electrons. The standard InChI is InChI=1S/C20H17ClN2O5/c1-12(20(25)23-15-4-3-14(11-22)16(21)10-15)28-19(24)9-13-2-5-17-18(8-13)27-7-6-26-17/h2-5,8,10,12H,6-7,9H2,1H3,(H,23,25)/t12-/m1/s1. The topological polar surface area (TPSA) is 97.7 Å². The minimum absolute atomic E-state index is 0.00302. The number of fused-ring (bicyclic) bond motifs is 1. The van der Waals surface area contributed by atoms with E-state index in [2.05, 4.69) is 5.32 Å². The van der Waals surface area contributed by atoms with Crippen LogP contribution < -0.4 is 14.8 Å². The Hall–Kier alpha value is -3.24. The first kappa shape index (κ1) is 19.5. The van der Waals surface area contributed by atoms with Crippen LogP contribution in [0.25, 0.3) is 0 Å². The van der Waals surface area contributed by atoms with Crippen molar-refractivity contribution < 1.29 is 23.8 Å². The quantitative estimate of drug-likeness (QED) is 0.774. The first-order chi connectivity index (χ1) is 13.5. The molecule has 28 heavy (non-hydrogen) atoms. The predicted octanol–water partition coefficient (Wildman–Crippen LogP) is 3.10. The highest BCUT2D eigenvalue weighted by atomic mass is 35.5. The molecule has 0 fully saturated rings. The molecule has 3 rings (SSSR count). The summed E-state index contributed by atoms with van der Waals surface area (Å²) in [5.74, 6) is 0.172. The van der Waals surface area contributed by atoms with E-state index in [0.717, 1.165) is 0 Å². The first-order valence-corrected chi connectivity index (χ1v) is 8.92. The van der Waals surface area contributed by atoms with Gasteiger partial charge in [0.15, 0.2) is 17.6 Å². The fourth-order valence-electron chi connectivity index (χ4n) is 2.58. The van der Waals surface area contributed by atoms with E-state index in [4.69, 9.17) is 31.1 Å². The van der Waals surface area contributed by atoms with Gasteiger partial charge < -0.3 is 19.5 Å². The van der Waals surface area contributed by atoms with Gasteiger partial charge in [-0.15, -0.1) is 0 Å². The summed E-state index contributed by atoms with van der Waals surface area (Å²) in [6.45, 7) is 2.42. The molecule has 0 saturated carbocycles. The van der Waals surface area contributed by atoms with Crippen molar-refractivity contribution >= 4 is 29.2 Å². The monoisotopic (exact) mass is 400 g/mol. The average molecular weight is 401 g/mol. The molecule has 8 heteroatoms. The predicted molar refractivity (Wildman–Crippen MR) is 101 cm³/mol. The van der Waals surface area contributed by atoms with Gasteiger partial charge in [0.2, 0.25) is 0 Å². The van der Waals surface area contributed by atoms with Gasteiger partial charge in [-0.2, -0.15) is 5.26 Å². The molecule has 2 aromatic rings. The number of anilines is 1. The Morgan fingerprint density at radius 1 is 1.21 bits per heavy atom. The zero-order valence-electron chi connectivity index (χ0n) is 15.0. The molecule has 0 unspecified atom stereocenters. The van der Waals surface area contributed by atoms with Crippen molar-refractivity contribution in [3.05, 3.63) is 52.5 Å². The molecule has 1 aliphatic rings. The van der Waals surface area contributed by atoms with Crippen molar-refractivity contribution in [2.75, 3.05) is 18.5 Å². The van der Waals surface area contributed by atoms with Crippen LogP contribution in [-0.2, 0) is 20.7 Å². The van der Waals surface area contributed by atoms with E-state index >= 15 is 0 Å². The second-order valence-corrected chi connectivity index (χ2v) is 6.49. The lowest BCUT2D eigenvalue weighted by Gasteiger charge is -2.19. The van der Waals surface area contributed by atoms with Crippen molar-refractivity contribution in [3.8, 4) is 17.6 Å². The van der Waals surface area contributed by atoms with Crippen molar-refractivity contribution in [2.24, 2.45) is 0 Å². The lowest BCUT2D eigenvalue weighted by molar-refractivity contribution is -0.152. The van der Waals surface area contributed by atoms with Crippen LogP contribution in [-0.4, -0.2) is 31.2 Å². The number of carbonyl (C=O) groups is 2. The molecule has 1 amide bonds. The van der Waals surface area contributed by atoms with Crippen LogP contribution in [0.1, 0.15) is 18.1 Å². The van der Waals surface area contributed by atoms with Crippen LogP contribution in [0.3, 0.4) is 0 Å². The number of nitrogens with one attached hydrogen (secondary N) is 1. The minimum Gasteiger partial charge on any atom is -0.486 e. The van der Waals surface area contributed by atoms with Gasteiger partial charge in [-0.25, -0.2) is 0 Å². The third-order valence-corrected chi connectivity index (χ3v) is 4.30. The van der Waals surface area contributed by atoms with E-state index in [9.17, 15) is 9.59 Å². The summed E-state index contributed by atoms with van der Waals surface area (Å²) in [4.78, 5) is 24.4. The molecule has 0 aromatic heterocycles. The highest BCUT2D eigenvalue weighted by molar-refractivity contribution is 6.32. The van der Waals surface area contributed by atoms with Crippen molar-refractivity contribution in [1.82, 2.24) is 0 Å². The van der Waals surface area contributed by atoms with Crippen LogP contribution in [0, 0.1) is 11.3 Å². The van der Waals surface area contributed by atoms with Gasteiger partial charge >= 0.3 is 5.97 Å². The van der Waals surface area contributed by atoms with Gasteiger partial charge in [-0.1, -0.05) is 17.7 Å². The number of rotatable bonds is 5. The Labute approximate surface area is 166 Å². The second-order valence-electron chi connectivity index (χ2n) is 6.08. The van der Waals surface area contributed by atoms with E-state index in [-0.39, 0.29) is 11.4 Å². The molecule has 0 aliphatic carbocycles. The number of ether oxygens (including phenoxy) is 3. The Kier molecular flexibility index (Phi) is 6.02.